The first-order valence-corrected chi connectivity index (χ1v) is 21.4. The molecule has 14 nitrogen and oxygen atoms in total. The van der Waals surface area contributed by atoms with Crippen LogP contribution in [-0.4, -0.2) is 86.0 Å². The number of ether oxygens (including phenoxy) is 10. The van der Waals surface area contributed by atoms with E-state index in [0.717, 1.165) is 27.8 Å². The molecule has 66 heavy (non-hydrogen) atoms. The van der Waals surface area contributed by atoms with Gasteiger partial charge in [0.05, 0.1) is 74.8 Å². The van der Waals surface area contributed by atoms with Crippen LogP contribution in [-0.2, 0) is 48.0 Å². The average molecular weight is 909 g/mol. The predicted molar refractivity (Wildman–Crippen MR) is 246 cm³/mol. The molecule has 2 aliphatic rings. The van der Waals surface area contributed by atoms with Crippen molar-refractivity contribution in [1.82, 2.24) is 0 Å². The number of rotatable bonds is 15. The maximum absolute atomic E-state index is 12.6. The van der Waals surface area contributed by atoms with Gasteiger partial charge in [-0.25, -0.2) is 0 Å². The second-order valence-corrected chi connectivity index (χ2v) is 15.6. The minimum absolute atomic E-state index is 0.0793. The van der Waals surface area contributed by atoms with Gasteiger partial charge in [-0.1, -0.05) is 54.6 Å². The SMILES string of the molecule is COC(C)=O.COc1cc(CC2C[C@@H](c3ccc(OC)c(OC)c3)COC2=O)ccc1O.COc1ccc([C@H]2COC(=O)C(Cc3ccc(OCc4ccccc4)c(OC)c3)C2)cc1OC. The Kier molecular flexibility index (Phi) is 18.8. The molecule has 0 aromatic heterocycles. The van der Waals surface area contributed by atoms with Crippen LogP contribution in [0.3, 0.4) is 0 Å². The number of carbonyl (C=O) groups excluding carboxylic acids is 3. The lowest BCUT2D eigenvalue weighted by atomic mass is 9.84. The van der Waals surface area contributed by atoms with Gasteiger partial charge < -0.3 is 52.5 Å². The van der Waals surface area contributed by atoms with Crippen LogP contribution >= 0.6 is 0 Å². The summed E-state index contributed by atoms with van der Waals surface area (Å²) in [5.41, 5.74) is 5.11. The summed E-state index contributed by atoms with van der Waals surface area (Å²) in [6, 6.07) is 32.6. The molecule has 5 aromatic rings. The van der Waals surface area contributed by atoms with Crippen LogP contribution in [0.15, 0.2) is 103 Å². The first kappa shape index (κ1) is 49.9. The summed E-state index contributed by atoms with van der Waals surface area (Å²) in [5.74, 6) is 3.55. The molecule has 2 aliphatic heterocycles. The van der Waals surface area contributed by atoms with Crippen molar-refractivity contribution in [1.29, 1.82) is 0 Å². The summed E-state index contributed by atoms with van der Waals surface area (Å²) in [4.78, 5) is 34.4. The van der Waals surface area contributed by atoms with Crippen molar-refractivity contribution in [3.63, 3.8) is 0 Å². The standard InChI is InChI=1S/C28H30O6.C21H24O6.C3H6O2/c1-30-24-12-10-21(16-27(24)32-3)23-15-22(28(29)34-18-23)13-20-9-11-25(26(14-20)31-2)33-17-19-7-5-4-6-8-19;1-24-18-7-5-14(11-20(18)26-3)16-10-15(21(23)27-12-16)8-13-4-6-17(22)19(9-13)25-2;1-3(4)5-2/h4-12,14,16,22-23H,13,15,17-18H2,1-3H3;4-7,9,11,15-16,22H,8,10,12H2,1-3H3;1-2H3/t22?,23-;15?,16-;/m11./s1. The molecule has 4 atom stereocenters. The van der Waals surface area contributed by atoms with Crippen LogP contribution < -0.4 is 33.2 Å². The molecule has 0 bridgehead atoms. The van der Waals surface area contributed by atoms with E-state index in [4.69, 9.17) is 42.6 Å². The number of phenols is 1. The Hall–Kier alpha value is -7.09. The van der Waals surface area contributed by atoms with Gasteiger partial charge in [-0.15, -0.1) is 0 Å². The highest BCUT2D eigenvalue weighted by atomic mass is 16.5. The highest BCUT2D eigenvalue weighted by Gasteiger charge is 2.33. The zero-order chi connectivity index (χ0) is 47.6. The lowest BCUT2D eigenvalue weighted by Gasteiger charge is -2.29. The zero-order valence-electron chi connectivity index (χ0n) is 38.8. The van der Waals surface area contributed by atoms with Gasteiger partial charge in [0.1, 0.15) is 6.61 Å². The predicted octanol–water partition coefficient (Wildman–Crippen LogP) is 8.67. The van der Waals surface area contributed by atoms with Gasteiger partial charge in [-0.3, -0.25) is 14.4 Å². The first-order valence-electron chi connectivity index (χ1n) is 21.4. The first-order chi connectivity index (χ1) is 31.9. The second kappa shape index (κ2) is 24.8. The van der Waals surface area contributed by atoms with E-state index < -0.39 is 0 Å². The molecule has 352 valence electrons. The van der Waals surface area contributed by atoms with Crippen LogP contribution in [0.5, 0.6) is 46.0 Å². The third-order valence-corrected chi connectivity index (χ3v) is 11.4. The minimum Gasteiger partial charge on any atom is -0.504 e. The summed E-state index contributed by atoms with van der Waals surface area (Å²) < 4.78 is 53.2. The Bertz CT molecular complexity index is 2360. The molecule has 5 aromatic carbocycles. The van der Waals surface area contributed by atoms with Gasteiger partial charge in [0.15, 0.2) is 46.0 Å². The summed E-state index contributed by atoms with van der Waals surface area (Å²) in [6.45, 7) is 2.53. The average Bonchev–Trinajstić information content (AvgIpc) is 3.35. The molecule has 0 saturated carbocycles. The molecule has 2 saturated heterocycles. The minimum atomic E-state index is -0.258. The Balaban J connectivity index is 0.000000229. The Morgan fingerprint density at radius 1 is 0.530 bits per heavy atom. The summed E-state index contributed by atoms with van der Waals surface area (Å²) >= 11 is 0. The number of esters is 3. The van der Waals surface area contributed by atoms with E-state index in [0.29, 0.717) is 85.8 Å². The van der Waals surface area contributed by atoms with Crippen LogP contribution in [0.25, 0.3) is 0 Å². The fourth-order valence-electron chi connectivity index (χ4n) is 7.74. The maximum Gasteiger partial charge on any atom is 0.309 e. The van der Waals surface area contributed by atoms with Crippen molar-refractivity contribution >= 4 is 17.9 Å². The molecule has 2 heterocycles. The Morgan fingerprint density at radius 2 is 0.955 bits per heavy atom. The summed E-state index contributed by atoms with van der Waals surface area (Å²) in [7, 11) is 10.9. The van der Waals surface area contributed by atoms with Crippen molar-refractivity contribution in [2.45, 2.75) is 51.0 Å². The van der Waals surface area contributed by atoms with Crippen molar-refractivity contribution in [2.24, 2.45) is 11.8 Å². The van der Waals surface area contributed by atoms with E-state index in [1.165, 1.54) is 21.1 Å². The molecule has 7 rings (SSSR count). The maximum atomic E-state index is 12.6. The van der Waals surface area contributed by atoms with Gasteiger partial charge >= 0.3 is 17.9 Å². The summed E-state index contributed by atoms with van der Waals surface area (Å²) in [6.07, 6.45) is 2.47. The van der Waals surface area contributed by atoms with E-state index in [2.05, 4.69) is 4.74 Å². The smallest absolute Gasteiger partial charge is 0.309 e. The molecule has 2 unspecified atom stereocenters. The fourth-order valence-corrected chi connectivity index (χ4v) is 7.74. The van der Waals surface area contributed by atoms with E-state index in [9.17, 15) is 19.5 Å². The topological polar surface area (TPSA) is 164 Å². The number of phenolic OH excluding ortho intramolecular Hbond substituents is 1. The number of carbonyl (C=O) groups is 3. The Labute approximate surface area is 386 Å². The van der Waals surface area contributed by atoms with Crippen molar-refractivity contribution in [3.8, 4) is 46.0 Å². The van der Waals surface area contributed by atoms with Gasteiger partial charge in [0.25, 0.3) is 0 Å². The van der Waals surface area contributed by atoms with Gasteiger partial charge in [-0.05, 0) is 102 Å². The van der Waals surface area contributed by atoms with E-state index in [1.54, 1.807) is 53.7 Å². The van der Waals surface area contributed by atoms with Crippen LogP contribution in [0.1, 0.15) is 59.4 Å². The molecule has 0 amide bonds. The second-order valence-electron chi connectivity index (χ2n) is 15.6. The molecular formula is C52H60O14. The van der Waals surface area contributed by atoms with E-state index in [1.807, 2.05) is 84.9 Å². The number of aromatic hydroxyl groups is 1. The largest absolute Gasteiger partial charge is 0.504 e. The molecule has 0 spiro atoms. The van der Waals surface area contributed by atoms with E-state index in [-0.39, 0.29) is 47.3 Å². The van der Waals surface area contributed by atoms with Crippen molar-refractivity contribution < 1.29 is 66.9 Å². The number of benzene rings is 5. The molecule has 2 fully saturated rings. The number of hydrogen-bond donors (Lipinski definition) is 1. The van der Waals surface area contributed by atoms with E-state index >= 15 is 0 Å². The molecule has 14 heteroatoms. The highest BCUT2D eigenvalue weighted by Crippen LogP contribution is 2.39. The molecular weight excluding hydrogens is 849 g/mol. The van der Waals surface area contributed by atoms with Gasteiger partial charge in [0.2, 0.25) is 0 Å². The number of cyclic esters (lactones) is 2. The number of methoxy groups -OCH3 is 7. The van der Waals surface area contributed by atoms with Crippen molar-refractivity contribution in [2.75, 3.05) is 63.0 Å². The number of hydrogen-bond acceptors (Lipinski definition) is 14. The van der Waals surface area contributed by atoms with Gasteiger partial charge in [0, 0.05) is 18.8 Å². The molecule has 0 radical (unpaired) electrons. The van der Waals surface area contributed by atoms with Crippen LogP contribution in [0.4, 0.5) is 0 Å². The lowest BCUT2D eigenvalue weighted by Crippen LogP contribution is -2.30. The lowest BCUT2D eigenvalue weighted by molar-refractivity contribution is -0.154. The van der Waals surface area contributed by atoms with Crippen LogP contribution in [0.2, 0.25) is 0 Å². The normalized spacial score (nSPS) is 17.5. The quantitative estimate of drug-likeness (QED) is 0.0784. The van der Waals surface area contributed by atoms with Crippen molar-refractivity contribution in [3.05, 3.63) is 131 Å². The van der Waals surface area contributed by atoms with Crippen LogP contribution in [0, 0.1) is 11.8 Å². The highest BCUT2D eigenvalue weighted by molar-refractivity contribution is 5.74. The third kappa shape index (κ3) is 13.7. The van der Waals surface area contributed by atoms with Gasteiger partial charge in [-0.2, -0.15) is 0 Å². The zero-order valence-corrected chi connectivity index (χ0v) is 38.8. The Morgan fingerprint density at radius 3 is 1.41 bits per heavy atom. The third-order valence-electron chi connectivity index (χ3n) is 11.4. The summed E-state index contributed by atoms with van der Waals surface area (Å²) in [5, 5.41) is 9.74. The molecule has 1 N–H and O–H groups in total. The molecule has 0 aliphatic carbocycles. The fraction of sp³-hybridized carbons (Fsp3) is 0.365. The monoisotopic (exact) mass is 908 g/mol.